The van der Waals surface area contributed by atoms with Gasteiger partial charge in [-0.3, -0.25) is 13.9 Å². The monoisotopic (exact) mass is 396 g/mol. The highest BCUT2D eigenvalue weighted by molar-refractivity contribution is 7.92. The number of carbonyl (C=O) groups is 2. The van der Waals surface area contributed by atoms with Crippen molar-refractivity contribution in [2.24, 2.45) is 5.92 Å². The first kappa shape index (κ1) is 19.5. The summed E-state index contributed by atoms with van der Waals surface area (Å²) >= 11 is 0. The Hall–Kier alpha value is -2.29. The largest absolute Gasteiger partial charge is 0.476 e. The summed E-state index contributed by atoms with van der Waals surface area (Å²) in [4.78, 5) is 26.4. The van der Waals surface area contributed by atoms with Gasteiger partial charge in [0.25, 0.3) is 5.91 Å². The minimum Gasteiger partial charge on any atom is -0.476 e. The number of likely N-dealkylation sites (tertiary alicyclic amines) is 1. The fraction of sp³-hybridized carbons (Fsp3) is 0.556. The van der Waals surface area contributed by atoms with Crippen LogP contribution < -0.4 is 9.04 Å². The summed E-state index contributed by atoms with van der Waals surface area (Å²) in [6.45, 7) is 2.88. The zero-order chi connectivity index (χ0) is 19.6. The highest BCUT2D eigenvalue weighted by atomic mass is 32.2. The van der Waals surface area contributed by atoms with Crippen LogP contribution in [0.15, 0.2) is 24.3 Å². The van der Waals surface area contributed by atoms with E-state index in [1.165, 1.54) is 4.31 Å². The number of hydrogen-bond donors (Lipinski definition) is 0. The molecular formula is C18H24N2O6S. The molecule has 2 heterocycles. The van der Waals surface area contributed by atoms with E-state index < -0.39 is 16.1 Å². The summed E-state index contributed by atoms with van der Waals surface area (Å²) < 4.78 is 36.4. The van der Waals surface area contributed by atoms with Crippen LogP contribution >= 0.6 is 0 Å². The lowest BCUT2D eigenvalue weighted by Crippen LogP contribution is -2.53. The van der Waals surface area contributed by atoms with Crippen LogP contribution in [-0.2, 0) is 24.3 Å². The Morgan fingerprint density at radius 3 is 2.52 bits per heavy atom. The number of piperidine rings is 1. The zero-order valence-electron chi connectivity index (χ0n) is 15.5. The number of carbonyl (C=O) groups excluding carboxylic acids is 2. The van der Waals surface area contributed by atoms with E-state index in [0.717, 1.165) is 6.26 Å². The van der Waals surface area contributed by atoms with Gasteiger partial charge in [0.15, 0.2) is 6.10 Å². The van der Waals surface area contributed by atoms with Crippen LogP contribution in [0.25, 0.3) is 0 Å². The maximum absolute atomic E-state index is 12.9. The first-order valence-electron chi connectivity index (χ1n) is 9.00. The van der Waals surface area contributed by atoms with E-state index in [-0.39, 0.29) is 24.3 Å². The van der Waals surface area contributed by atoms with Crippen LogP contribution in [0, 0.1) is 5.92 Å². The molecule has 2 aliphatic heterocycles. The van der Waals surface area contributed by atoms with Crippen LogP contribution in [0.4, 0.5) is 5.69 Å². The van der Waals surface area contributed by atoms with E-state index in [0.29, 0.717) is 44.0 Å². The summed E-state index contributed by atoms with van der Waals surface area (Å²) in [5.74, 6) is -0.320. The van der Waals surface area contributed by atoms with Gasteiger partial charge in [0.2, 0.25) is 10.0 Å². The van der Waals surface area contributed by atoms with Gasteiger partial charge in [-0.05, 0) is 31.9 Å². The third kappa shape index (κ3) is 4.18. The van der Waals surface area contributed by atoms with Crippen molar-refractivity contribution >= 4 is 27.6 Å². The molecule has 1 saturated heterocycles. The molecule has 0 saturated carbocycles. The number of sulfonamides is 1. The molecule has 1 atom stereocenters. The quantitative estimate of drug-likeness (QED) is 0.706. The Morgan fingerprint density at radius 2 is 1.89 bits per heavy atom. The second-order valence-electron chi connectivity index (χ2n) is 6.72. The van der Waals surface area contributed by atoms with Gasteiger partial charge in [-0.25, -0.2) is 8.42 Å². The molecule has 27 heavy (non-hydrogen) atoms. The molecule has 148 valence electrons. The molecule has 0 radical (unpaired) electrons. The lowest BCUT2D eigenvalue weighted by Gasteiger charge is -2.38. The molecule has 0 aromatic heterocycles. The van der Waals surface area contributed by atoms with Crippen molar-refractivity contribution in [2.45, 2.75) is 25.9 Å². The van der Waals surface area contributed by atoms with Crippen molar-refractivity contribution in [3.05, 3.63) is 24.3 Å². The average Bonchev–Trinajstić information content (AvgIpc) is 2.66. The van der Waals surface area contributed by atoms with E-state index in [1.54, 1.807) is 36.1 Å². The summed E-state index contributed by atoms with van der Waals surface area (Å²) in [7, 11) is -3.54. The number of anilines is 1. The maximum Gasteiger partial charge on any atom is 0.309 e. The van der Waals surface area contributed by atoms with Crippen LogP contribution in [0.5, 0.6) is 5.75 Å². The molecule has 0 aliphatic carbocycles. The lowest BCUT2D eigenvalue weighted by molar-refractivity contribution is -0.152. The van der Waals surface area contributed by atoms with Crippen molar-refractivity contribution in [1.82, 2.24) is 4.90 Å². The van der Waals surface area contributed by atoms with Gasteiger partial charge in [0.1, 0.15) is 5.75 Å². The second kappa shape index (κ2) is 7.75. The smallest absolute Gasteiger partial charge is 0.309 e. The molecule has 1 aromatic carbocycles. The highest BCUT2D eigenvalue weighted by Crippen LogP contribution is 2.35. The van der Waals surface area contributed by atoms with Crippen LogP contribution in [0.2, 0.25) is 0 Å². The molecule has 1 unspecified atom stereocenters. The number of nitrogens with zero attached hydrogens (tertiary/aromatic N) is 2. The molecule has 1 aromatic rings. The summed E-state index contributed by atoms with van der Waals surface area (Å²) in [5, 5.41) is 0. The Bertz CT molecular complexity index is 817. The van der Waals surface area contributed by atoms with Crippen molar-refractivity contribution in [3.63, 3.8) is 0 Å². The number of hydrogen-bond acceptors (Lipinski definition) is 6. The van der Waals surface area contributed by atoms with Crippen LogP contribution in [0.3, 0.4) is 0 Å². The number of fused-ring (bicyclic) bond motifs is 1. The van der Waals surface area contributed by atoms with Crippen molar-refractivity contribution in [1.29, 1.82) is 0 Å². The number of rotatable bonds is 4. The van der Waals surface area contributed by atoms with Gasteiger partial charge < -0.3 is 14.4 Å². The normalized spacial score (nSPS) is 20.6. The molecule has 0 N–H and O–H groups in total. The second-order valence-corrected chi connectivity index (χ2v) is 8.63. The molecule has 8 nitrogen and oxygen atoms in total. The average molecular weight is 396 g/mol. The molecule has 3 rings (SSSR count). The van der Waals surface area contributed by atoms with E-state index in [4.69, 9.17) is 9.47 Å². The van der Waals surface area contributed by atoms with Crippen LogP contribution in [0.1, 0.15) is 19.8 Å². The van der Waals surface area contributed by atoms with E-state index in [9.17, 15) is 18.0 Å². The third-order valence-electron chi connectivity index (χ3n) is 4.84. The Balaban J connectivity index is 1.70. The standard InChI is InChI=1S/C18H24N2O6S/c1-3-25-18(22)13-8-10-19(11-9-13)17(21)16-12-20(27(2,23)24)14-6-4-5-7-15(14)26-16/h4-7,13,16H,3,8-12H2,1-2H3. The van der Waals surface area contributed by atoms with Gasteiger partial charge in [0, 0.05) is 13.1 Å². The predicted octanol–water partition coefficient (Wildman–Crippen LogP) is 1.02. The number of ether oxygens (including phenoxy) is 2. The van der Waals surface area contributed by atoms with Gasteiger partial charge in [-0.15, -0.1) is 0 Å². The highest BCUT2D eigenvalue weighted by Gasteiger charge is 2.38. The molecule has 2 aliphatic rings. The van der Waals surface area contributed by atoms with E-state index >= 15 is 0 Å². The summed E-state index contributed by atoms with van der Waals surface area (Å²) in [5.41, 5.74) is 0.435. The summed E-state index contributed by atoms with van der Waals surface area (Å²) in [6, 6.07) is 6.77. The minimum absolute atomic E-state index is 0.0630. The molecular weight excluding hydrogens is 372 g/mol. The fourth-order valence-corrected chi connectivity index (χ4v) is 4.36. The third-order valence-corrected chi connectivity index (χ3v) is 5.98. The Morgan fingerprint density at radius 1 is 1.22 bits per heavy atom. The maximum atomic E-state index is 12.9. The van der Waals surface area contributed by atoms with Gasteiger partial charge >= 0.3 is 5.97 Å². The van der Waals surface area contributed by atoms with E-state index in [2.05, 4.69) is 0 Å². The first-order valence-corrected chi connectivity index (χ1v) is 10.8. The first-order chi connectivity index (χ1) is 12.8. The van der Waals surface area contributed by atoms with Gasteiger partial charge in [0.05, 0.1) is 31.0 Å². The molecule has 0 spiro atoms. The predicted molar refractivity (Wildman–Crippen MR) is 99.0 cm³/mol. The molecule has 9 heteroatoms. The fourth-order valence-electron chi connectivity index (χ4n) is 3.44. The van der Waals surface area contributed by atoms with Gasteiger partial charge in [-0.1, -0.05) is 12.1 Å². The number of benzene rings is 1. The van der Waals surface area contributed by atoms with Crippen molar-refractivity contribution in [3.8, 4) is 5.75 Å². The topological polar surface area (TPSA) is 93.2 Å². The number of esters is 1. The Kier molecular flexibility index (Phi) is 5.59. The summed E-state index contributed by atoms with van der Waals surface area (Å²) in [6.07, 6.45) is 1.27. The SMILES string of the molecule is CCOC(=O)C1CCN(C(=O)C2CN(S(C)(=O)=O)c3ccccc3O2)CC1. The van der Waals surface area contributed by atoms with Crippen molar-refractivity contribution < 1.29 is 27.5 Å². The minimum atomic E-state index is -3.54. The molecule has 1 amide bonds. The van der Waals surface area contributed by atoms with Gasteiger partial charge in [-0.2, -0.15) is 0 Å². The van der Waals surface area contributed by atoms with Crippen molar-refractivity contribution in [2.75, 3.05) is 36.8 Å². The lowest BCUT2D eigenvalue weighted by atomic mass is 9.96. The number of para-hydroxylation sites is 2. The zero-order valence-corrected chi connectivity index (χ0v) is 16.3. The van der Waals surface area contributed by atoms with E-state index in [1.807, 2.05) is 0 Å². The Labute approximate surface area is 159 Å². The molecule has 0 bridgehead atoms. The molecule has 1 fully saturated rings. The van der Waals surface area contributed by atoms with Crippen LogP contribution in [-0.4, -0.2) is 63.8 Å². The number of amides is 1.